The zero-order valence-electron chi connectivity index (χ0n) is 17.1. The lowest BCUT2D eigenvalue weighted by Gasteiger charge is -2.41. The van der Waals surface area contributed by atoms with E-state index in [4.69, 9.17) is 4.74 Å². The third-order valence-electron chi connectivity index (χ3n) is 5.76. The fourth-order valence-electron chi connectivity index (χ4n) is 4.25. The molecule has 27 heavy (non-hydrogen) atoms. The first-order valence-corrected chi connectivity index (χ1v) is 10.2. The molecule has 2 atom stereocenters. The van der Waals surface area contributed by atoms with Crippen molar-refractivity contribution in [3.05, 3.63) is 12.7 Å². The van der Waals surface area contributed by atoms with Crippen LogP contribution in [0.15, 0.2) is 12.7 Å². The first-order chi connectivity index (χ1) is 12.7. The van der Waals surface area contributed by atoms with Gasteiger partial charge in [-0.1, -0.05) is 25.3 Å². The van der Waals surface area contributed by atoms with Crippen molar-refractivity contribution < 1.29 is 19.4 Å². The van der Waals surface area contributed by atoms with E-state index in [0.717, 1.165) is 25.7 Å². The number of aliphatic hydroxyl groups excluding tert-OH is 1. The van der Waals surface area contributed by atoms with Gasteiger partial charge < -0.3 is 20.1 Å². The molecule has 2 rings (SSSR count). The van der Waals surface area contributed by atoms with E-state index in [-0.39, 0.29) is 36.0 Å². The minimum atomic E-state index is -0.547. The minimum Gasteiger partial charge on any atom is -0.444 e. The highest BCUT2D eigenvalue weighted by molar-refractivity contribution is 5.83. The second kappa shape index (κ2) is 9.09. The van der Waals surface area contributed by atoms with Gasteiger partial charge in [0.2, 0.25) is 5.91 Å². The molecule has 2 unspecified atom stereocenters. The predicted molar refractivity (Wildman–Crippen MR) is 105 cm³/mol. The zero-order chi connectivity index (χ0) is 20.1. The molecule has 2 fully saturated rings. The molecule has 1 heterocycles. The Hall–Kier alpha value is -1.56. The lowest BCUT2D eigenvalue weighted by molar-refractivity contribution is -0.134. The number of ether oxygens (including phenoxy) is 1. The Morgan fingerprint density at radius 2 is 1.96 bits per heavy atom. The Morgan fingerprint density at radius 3 is 2.52 bits per heavy atom. The standard InChI is InChI=1S/C21H36N2O4/c1-5-10-21(11-7-6-8-12-21)18(25)22-17-9-13-23(14-16(17)15-24)19(26)27-20(2,3)4/h5,16-17,24H,1,6-15H2,2-4H3,(H,22,25). The lowest BCUT2D eigenvalue weighted by atomic mass is 9.71. The first-order valence-electron chi connectivity index (χ1n) is 10.2. The van der Waals surface area contributed by atoms with E-state index in [1.165, 1.54) is 6.42 Å². The number of carbonyl (C=O) groups excluding carboxylic acids is 2. The lowest BCUT2D eigenvalue weighted by Crippen LogP contribution is -2.56. The normalized spacial score (nSPS) is 25.6. The van der Waals surface area contributed by atoms with E-state index in [9.17, 15) is 14.7 Å². The molecule has 2 amide bonds. The number of aliphatic hydroxyl groups is 1. The van der Waals surface area contributed by atoms with Crippen molar-refractivity contribution in [2.75, 3.05) is 19.7 Å². The van der Waals surface area contributed by atoms with Gasteiger partial charge in [-0.15, -0.1) is 6.58 Å². The van der Waals surface area contributed by atoms with Crippen molar-refractivity contribution >= 4 is 12.0 Å². The fraction of sp³-hybridized carbons (Fsp3) is 0.810. The fourth-order valence-corrected chi connectivity index (χ4v) is 4.25. The Bertz CT molecular complexity index is 535. The van der Waals surface area contributed by atoms with E-state index in [1.807, 2.05) is 26.8 Å². The van der Waals surface area contributed by atoms with E-state index in [0.29, 0.717) is 25.9 Å². The molecule has 0 aromatic heterocycles. The second-order valence-corrected chi connectivity index (χ2v) is 9.07. The molecule has 0 radical (unpaired) electrons. The number of hydrogen-bond donors (Lipinski definition) is 2. The van der Waals surface area contributed by atoms with Crippen LogP contribution in [0.3, 0.4) is 0 Å². The van der Waals surface area contributed by atoms with Crippen molar-refractivity contribution in [2.45, 2.75) is 77.4 Å². The molecule has 154 valence electrons. The Balaban J connectivity index is 1.99. The summed E-state index contributed by atoms with van der Waals surface area (Å²) < 4.78 is 5.44. The number of allylic oxidation sites excluding steroid dienone is 1. The summed E-state index contributed by atoms with van der Waals surface area (Å²) in [6.07, 6.45) is 7.92. The average molecular weight is 381 g/mol. The van der Waals surface area contributed by atoms with Crippen LogP contribution in [-0.4, -0.2) is 53.3 Å². The van der Waals surface area contributed by atoms with Crippen LogP contribution in [0.25, 0.3) is 0 Å². The van der Waals surface area contributed by atoms with Crippen LogP contribution >= 0.6 is 0 Å². The summed E-state index contributed by atoms with van der Waals surface area (Å²) in [6.45, 7) is 10.2. The van der Waals surface area contributed by atoms with Gasteiger partial charge in [-0.3, -0.25) is 4.79 Å². The number of rotatable bonds is 5. The van der Waals surface area contributed by atoms with Crippen LogP contribution in [0, 0.1) is 11.3 Å². The van der Waals surface area contributed by atoms with E-state index < -0.39 is 5.60 Å². The molecular formula is C21H36N2O4. The molecule has 1 saturated carbocycles. The Labute approximate surface area is 163 Å². The first kappa shape index (κ1) is 21.7. The van der Waals surface area contributed by atoms with Crippen LogP contribution in [0.5, 0.6) is 0 Å². The van der Waals surface area contributed by atoms with E-state index in [1.54, 1.807) is 4.90 Å². The van der Waals surface area contributed by atoms with Crippen molar-refractivity contribution in [1.29, 1.82) is 0 Å². The summed E-state index contributed by atoms with van der Waals surface area (Å²) in [5, 5.41) is 13.0. The van der Waals surface area contributed by atoms with E-state index >= 15 is 0 Å². The molecule has 1 aliphatic heterocycles. The molecule has 0 aromatic carbocycles. The van der Waals surface area contributed by atoms with Gasteiger partial charge in [0.05, 0.1) is 5.41 Å². The molecule has 0 spiro atoms. The number of carbonyl (C=O) groups is 2. The van der Waals surface area contributed by atoms with Gasteiger partial charge in [0.15, 0.2) is 0 Å². The van der Waals surface area contributed by atoms with Gasteiger partial charge in [0.25, 0.3) is 0 Å². The summed E-state index contributed by atoms with van der Waals surface area (Å²) in [5.41, 5.74) is -0.906. The number of amides is 2. The average Bonchev–Trinajstić information content (AvgIpc) is 2.61. The summed E-state index contributed by atoms with van der Waals surface area (Å²) in [5.74, 6) is -0.101. The summed E-state index contributed by atoms with van der Waals surface area (Å²) in [7, 11) is 0. The van der Waals surface area contributed by atoms with Gasteiger partial charge in [-0.25, -0.2) is 4.79 Å². The van der Waals surface area contributed by atoms with Crippen LogP contribution in [0.2, 0.25) is 0 Å². The summed E-state index contributed by atoms with van der Waals surface area (Å²) in [4.78, 5) is 27.0. The predicted octanol–water partition coefficient (Wildman–Crippen LogP) is 3.25. The highest BCUT2D eigenvalue weighted by Crippen LogP contribution is 2.40. The highest BCUT2D eigenvalue weighted by atomic mass is 16.6. The van der Waals surface area contributed by atoms with Crippen LogP contribution in [-0.2, 0) is 9.53 Å². The van der Waals surface area contributed by atoms with Crippen LogP contribution < -0.4 is 5.32 Å². The number of hydrogen-bond acceptors (Lipinski definition) is 4. The Morgan fingerprint density at radius 1 is 1.30 bits per heavy atom. The van der Waals surface area contributed by atoms with Crippen LogP contribution in [0.4, 0.5) is 4.79 Å². The number of nitrogens with one attached hydrogen (secondary N) is 1. The maximum Gasteiger partial charge on any atom is 0.410 e. The van der Waals surface area contributed by atoms with Crippen molar-refractivity contribution in [1.82, 2.24) is 10.2 Å². The van der Waals surface area contributed by atoms with Crippen molar-refractivity contribution in [2.24, 2.45) is 11.3 Å². The van der Waals surface area contributed by atoms with Crippen molar-refractivity contribution in [3.63, 3.8) is 0 Å². The van der Waals surface area contributed by atoms with E-state index in [2.05, 4.69) is 11.9 Å². The molecule has 6 heteroatoms. The third-order valence-corrected chi connectivity index (χ3v) is 5.76. The van der Waals surface area contributed by atoms with Gasteiger partial charge in [0, 0.05) is 31.7 Å². The molecular weight excluding hydrogens is 344 g/mol. The highest BCUT2D eigenvalue weighted by Gasteiger charge is 2.41. The second-order valence-electron chi connectivity index (χ2n) is 9.07. The molecule has 1 saturated heterocycles. The summed E-state index contributed by atoms with van der Waals surface area (Å²) >= 11 is 0. The minimum absolute atomic E-state index is 0.0707. The third kappa shape index (κ3) is 5.71. The topological polar surface area (TPSA) is 78.9 Å². The van der Waals surface area contributed by atoms with Gasteiger partial charge in [-0.2, -0.15) is 0 Å². The molecule has 0 bridgehead atoms. The quantitative estimate of drug-likeness (QED) is 0.718. The number of piperidine rings is 1. The van der Waals surface area contributed by atoms with Crippen molar-refractivity contribution in [3.8, 4) is 0 Å². The summed E-state index contributed by atoms with van der Waals surface area (Å²) in [6, 6.07) is -0.121. The number of nitrogens with zero attached hydrogens (tertiary/aromatic N) is 1. The molecule has 2 N–H and O–H groups in total. The van der Waals surface area contributed by atoms with Gasteiger partial charge >= 0.3 is 6.09 Å². The molecule has 0 aromatic rings. The smallest absolute Gasteiger partial charge is 0.410 e. The molecule has 6 nitrogen and oxygen atoms in total. The van der Waals surface area contributed by atoms with Gasteiger partial charge in [0.1, 0.15) is 5.60 Å². The molecule has 1 aliphatic carbocycles. The monoisotopic (exact) mass is 380 g/mol. The SMILES string of the molecule is C=CCC1(C(=O)NC2CCN(C(=O)OC(C)(C)C)CC2CO)CCCCC1. The number of likely N-dealkylation sites (tertiary alicyclic amines) is 1. The largest absolute Gasteiger partial charge is 0.444 e. The van der Waals surface area contributed by atoms with Crippen LogP contribution in [0.1, 0.15) is 65.7 Å². The molecule has 2 aliphatic rings. The van der Waals surface area contributed by atoms with Gasteiger partial charge in [-0.05, 0) is 46.5 Å². The maximum absolute atomic E-state index is 13.1. The Kier molecular flexibility index (Phi) is 7.32. The zero-order valence-corrected chi connectivity index (χ0v) is 17.1. The maximum atomic E-state index is 13.1.